The molecular formula is C16H19N5O. The fraction of sp³-hybridized carbons (Fsp3) is 0.500. The number of nitriles is 1. The first-order chi connectivity index (χ1) is 10.5. The van der Waals surface area contributed by atoms with E-state index in [1.54, 1.807) is 10.7 Å². The largest absolute Gasteiger partial charge is 0.334 e. The maximum Gasteiger partial charge on any atom is 0.253 e. The van der Waals surface area contributed by atoms with Crippen molar-refractivity contribution in [1.29, 1.82) is 5.26 Å². The standard InChI is InChI=1S/C16H19N5O/c1-10-8-12(13-11(2)20-21(3)14(13)18-10)15(22)19-16(9-17)6-4-5-7-16/h8H,4-7H2,1-3H3,(H,19,22). The van der Waals surface area contributed by atoms with Crippen LogP contribution in [-0.4, -0.2) is 26.2 Å². The second-order valence-corrected chi connectivity index (χ2v) is 6.07. The Morgan fingerprint density at radius 1 is 1.41 bits per heavy atom. The van der Waals surface area contributed by atoms with Crippen LogP contribution in [-0.2, 0) is 7.05 Å². The molecule has 1 N–H and O–H groups in total. The molecule has 0 bridgehead atoms. The van der Waals surface area contributed by atoms with Crippen molar-refractivity contribution in [2.24, 2.45) is 7.05 Å². The smallest absolute Gasteiger partial charge is 0.253 e. The highest BCUT2D eigenvalue weighted by atomic mass is 16.1. The van der Waals surface area contributed by atoms with E-state index in [9.17, 15) is 10.1 Å². The number of nitrogens with one attached hydrogen (secondary N) is 1. The number of carbonyl (C=O) groups is 1. The average molecular weight is 297 g/mol. The van der Waals surface area contributed by atoms with E-state index in [-0.39, 0.29) is 5.91 Å². The fourth-order valence-electron chi connectivity index (χ4n) is 3.28. The minimum atomic E-state index is -0.726. The summed E-state index contributed by atoms with van der Waals surface area (Å²) < 4.78 is 1.68. The number of rotatable bonds is 2. The summed E-state index contributed by atoms with van der Waals surface area (Å²) in [6, 6.07) is 4.06. The number of aromatic nitrogens is 3. The summed E-state index contributed by atoms with van der Waals surface area (Å²) in [5, 5.41) is 17.5. The van der Waals surface area contributed by atoms with Crippen LogP contribution in [0.3, 0.4) is 0 Å². The van der Waals surface area contributed by atoms with Crippen molar-refractivity contribution < 1.29 is 4.79 Å². The number of nitrogens with zero attached hydrogens (tertiary/aromatic N) is 4. The Bertz CT molecular complexity index is 793. The van der Waals surface area contributed by atoms with Crippen molar-refractivity contribution in [3.63, 3.8) is 0 Å². The minimum Gasteiger partial charge on any atom is -0.334 e. The van der Waals surface area contributed by atoms with Gasteiger partial charge in [-0.25, -0.2) is 4.98 Å². The van der Waals surface area contributed by atoms with E-state index in [1.165, 1.54) is 0 Å². The molecule has 0 unspecified atom stereocenters. The Morgan fingerprint density at radius 2 is 2.09 bits per heavy atom. The molecule has 2 heterocycles. The number of pyridine rings is 1. The van der Waals surface area contributed by atoms with Crippen molar-refractivity contribution in [3.05, 3.63) is 23.0 Å². The SMILES string of the molecule is Cc1cc(C(=O)NC2(C#N)CCCC2)c2c(C)nn(C)c2n1. The molecule has 0 saturated heterocycles. The van der Waals surface area contributed by atoms with Gasteiger partial charge in [0.15, 0.2) is 5.65 Å². The van der Waals surface area contributed by atoms with E-state index in [0.29, 0.717) is 24.1 Å². The lowest BCUT2D eigenvalue weighted by molar-refractivity contribution is 0.0922. The first-order valence-corrected chi connectivity index (χ1v) is 7.50. The van der Waals surface area contributed by atoms with E-state index >= 15 is 0 Å². The summed E-state index contributed by atoms with van der Waals surface area (Å²) >= 11 is 0. The third kappa shape index (κ3) is 2.23. The molecule has 114 valence electrons. The van der Waals surface area contributed by atoms with Gasteiger partial charge in [-0.1, -0.05) is 0 Å². The highest BCUT2D eigenvalue weighted by molar-refractivity contribution is 6.07. The summed E-state index contributed by atoms with van der Waals surface area (Å²) in [6.07, 6.45) is 3.39. The molecule has 1 saturated carbocycles. The van der Waals surface area contributed by atoms with E-state index in [0.717, 1.165) is 29.6 Å². The van der Waals surface area contributed by atoms with Gasteiger partial charge in [0.05, 0.1) is 22.7 Å². The third-order valence-corrected chi connectivity index (χ3v) is 4.37. The van der Waals surface area contributed by atoms with Gasteiger partial charge in [-0.05, 0) is 45.6 Å². The molecule has 3 rings (SSSR count). The van der Waals surface area contributed by atoms with Gasteiger partial charge in [-0.15, -0.1) is 0 Å². The summed E-state index contributed by atoms with van der Waals surface area (Å²) in [6.45, 7) is 3.72. The second kappa shape index (κ2) is 5.09. The molecule has 6 nitrogen and oxygen atoms in total. The van der Waals surface area contributed by atoms with Gasteiger partial charge in [0.25, 0.3) is 5.91 Å². The van der Waals surface area contributed by atoms with Crippen molar-refractivity contribution in [3.8, 4) is 6.07 Å². The van der Waals surface area contributed by atoms with E-state index in [2.05, 4.69) is 21.5 Å². The van der Waals surface area contributed by atoms with E-state index < -0.39 is 5.54 Å². The summed E-state index contributed by atoms with van der Waals surface area (Å²) in [5.74, 6) is -0.213. The van der Waals surface area contributed by atoms with Gasteiger partial charge in [0, 0.05) is 12.7 Å². The Morgan fingerprint density at radius 3 is 2.73 bits per heavy atom. The molecular weight excluding hydrogens is 278 g/mol. The molecule has 0 atom stereocenters. The maximum atomic E-state index is 12.8. The molecule has 0 radical (unpaired) electrons. The minimum absolute atomic E-state index is 0.213. The van der Waals surface area contributed by atoms with Crippen LogP contribution in [0.4, 0.5) is 0 Å². The van der Waals surface area contributed by atoms with Gasteiger partial charge < -0.3 is 5.32 Å². The van der Waals surface area contributed by atoms with Gasteiger partial charge in [-0.2, -0.15) is 10.4 Å². The average Bonchev–Trinajstić information content (AvgIpc) is 3.05. The van der Waals surface area contributed by atoms with Crippen LogP contribution < -0.4 is 5.32 Å². The maximum absolute atomic E-state index is 12.8. The Balaban J connectivity index is 2.06. The number of carbonyl (C=O) groups excluding carboxylic acids is 1. The zero-order chi connectivity index (χ0) is 15.9. The number of aryl methyl sites for hydroxylation is 3. The van der Waals surface area contributed by atoms with E-state index in [4.69, 9.17) is 0 Å². The second-order valence-electron chi connectivity index (χ2n) is 6.07. The van der Waals surface area contributed by atoms with Gasteiger partial charge in [0.1, 0.15) is 5.54 Å². The molecule has 1 aliphatic rings. The van der Waals surface area contributed by atoms with Crippen molar-refractivity contribution in [1.82, 2.24) is 20.1 Å². The lowest BCUT2D eigenvalue weighted by Gasteiger charge is -2.22. The first-order valence-electron chi connectivity index (χ1n) is 7.50. The van der Waals surface area contributed by atoms with Gasteiger partial charge in [-0.3, -0.25) is 9.48 Å². The highest BCUT2D eigenvalue weighted by Crippen LogP contribution is 2.30. The Hall–Kier alpha value is -2.42. The molecule has 1 fully saturated rings. The number of amides is 1. The van der Waals surface area contributed by atoms with Crippen molar-refractivity contribution >= 4 is 16.9 Å². The van der Waals surface area contributed by atoms with E-state index in [1.807, 2.05) is 20.9 Å². The molecule has 0 spiro atoms. The van der Waals surface area contributed by atoms with Gasteiger partial charge in [0.2, 0.25) is 0 Å². The normalized spacial score (nSPS) is 16.6. The summed E-state index contributed by atoms with van der Waals surface area (Å²) in [7, 11) is 1.82. The fourth-order valence-corrected chi connectivity index (χ4v) is 3.28. The van der Waals surface area contributed by atoms with Crippen LogP contribution >= 0.6 is 0 Å². The first kappa shape index (κ1) is 14.5. The van der Waals surface area contributed by atoms with Crippen LogP contribution in [0.25, 0.3) is 11.0 Å². The zero-order valence-electron chi connectivity index (χ0n) is 13.1. The monoisotopic (exact) mass is 297 g/mol. The third-order valence-electron chi connectivity index (χ3n) is 4.37. The van der Waals surface area contributed by atoms with Crippen molar-refractivity contribution in [2.45, 2.75) is 45.1 Å². The van der Waals surface area contributed by atoms with Crippen LogP contribution in [0.5, 0.6) is 0 Å². The lowest BCUT2D eigenvalue weighted by Crippen LogP contribution is -2.45. The van der Waals surface area contributed by atoms with Crippen molar-refractivity contribution in [2.75, 3.05) is 0 Å². The highest BCUT2D eigenvalue weighted by Gasteiger charge is 2.36. The molecule has 1 amide bonds. The zero-order valence-corrected chi connectivity index (χ0v) is 13.1. The van der Waals surface area contributed by atoms with Crippen LogP contribution in [0, 0.1) is 25.2 Å². The number of fused-ring (bicyclic) bond motifs is 1. The molecule has 1 aliphatic carbocycles. The topological polar surface area (TPSA) is 83.6 Å². The molecule has 0 aromatic carbocycles. The summed E-state index contributed by atoms with van der Waals surface area (Å²) in [5.41, 5.74) is 2.05. The number of hydrogen-bond acceptors (Lipinski definition) is 4. The lowest BCUT2D eigenvalue weighted by atomic mass is 9.98. The quantitative estimate of drug-likeness (QED) is 0.920. The van der Waals surface area contributed by atoms with Gasteiger partial charge >= 0.3 is 0 Å². The predicted molar refractivity (Wildman–Crippen MR) is 82.3 cm³/mol. The molecule has 6 heteroatoms. The Kier molecular flexibility index (Phi) is 3.36. The predicted octanol–water partition coefficient (Wildman–Crippen LogP) is 2.15. The summed E-state index contributed by atoms with van der Waals surface area (Å²) in [4.78, 5) is 17.2. The molecule has 2 aromatic rings. The number of hydrogen-bond donors (Lipinski definition) is 1. The Labute approximate surface area is 129 Å². The molecule has 0 aliphatic heterocycles. The molecule has 2 aromatic heterocycles. The molecule has 22 heavy (non-hydrogen) atoms. The van der Waals surface area contributed by atoms with Crippen LogP contribution in [0.2, 0.25) is 0 Å². The van der Waals surface area contributed by atoms with Crippen LogP contribution in [0.15, 0.2) is 6.07 Å². The van der Waals surface area contributed by atoms with Crippen LogP contribution in [0.1, 0.15) is 47.4 Å².